The van der Waals surface area contributed by atoms with Crippen LogP contribution in [0.1, 0.15) is 18.4 Å². The molecule has 0 radical (unpaired) electrons. The Morgan fingerprint density at radius 2 is 2.00 bits per heavy atom. The van der Waals surface area contributed by atoms with Crippen LogP contribution in [0.2, 0.25) is 0 Å². The number of rotatable bonds is 1. The summed E-state index contributed by atoms with van der Waals surface area (Å²) in [7, 11) is 0. The van der Waals surface area contributed by atoms with Crippen molar-refractivity contribution in [1.82, 2.24) is 4.98 Å². The number of aryl methyl sites for hydroxylation is 1. The van der Waals surface area contributed by atoms with Crippen LogP contribution in [0, 0.1) is 6.92 Å². The molecule has 0 amide bonds. The van der Waals surface area contributed by atoms with E-state index < -0.39 is 0 Å². The Bertz CT molecular complexity index is 566. The Kier molecular flexibility index (Phi) is 2.51. The molecule has 3 rings (SSSR count). The number of anilines is 2. The molecule has 0 unspecified atom stereocenters. The fourth-order valence-corrected chi connectivity index (χ4v) is 2.53. The molecule has 0 spiro atoms. The molecular weight excluding hydrogens is 226 g/mol. The van der Waals surface area contributed by atoms with Crippen molar-refractivity contribution in [3.8, 4) is 0 Å². The van der Waals surface area contributed by atoms with Crippen molar-refractivity contribution in [3.63, 3.8) is 0 Å². The van der Waals surface area contributed by atoms with Gasteiger partial charge < -0.3 is 15.6 Å². The van der Waals surface area contributed by atoms with Gasteiger partial charge in [0.2, 0.25) is 0 Å². The van der Waals surface area contributed by atoms with Gasteiger partial charge in [0.15, 0.2) is 0 Å². The van der Waals surface area contributed by atoms with E-state index in [4.69, 9.17) is 5.73 Å². The van der Waals surface area contributed by atoms with Gasteiger partial charge in [-0.1, -0.05) is 6.07 Å². The first-order valence-electron chi connectivity index (χ1n) is 6.29. The number of nitrogens with two attached hydrogens (primary N) is 1. The van der Waals surface area contributed by atoms with Crippen molar-refractivity contribution >= 4 is 28.2 Å². The minimum absolute atomic E-state index is 0.359. The molecule has 1 aromatic carbocycles. The fourth-order valence-electron chi connectivity index (χ4n) is 2.53. The number of nitrogen functional groups attached to an aromatic ring is 1. The summed E-state index contributed by atoms with van der Waals surface area (Å²) in [6, 6.07) is 6.06. The molecule has 94 valence electrons. The highest BCUT2D eigenvalue weighted by molar-refractivity contribution is 5.96. The van der Waals surface area contributed by atoms with Crippen LogP contribution in [-0.4, -0.2) is 23.9 Å². The summed E-state index contributed by atoms with van der Waals surface area (Å²) < 4.78 is 0. The first-order chi connectivity index (χ1) is 8.65. The van der Waals surface area contributed by atoms with Crippen molar-refractivity contribution < 1.29 is 4.79 Å². The number of carbonyl (C=O) groups is 1. The maximum Gasteiger partial charge on any atom is 0.136 e. The Labute approximate surface area is 106 Å². The van der Waals surface area contributed by atoms with Gasteiger partial charge in [0.1, 0.15) is 11.6 Å². The molecule has 18 heavy (non-hydrogen) atoms. The smallest absolute Gasteiger partial charge is 0.136 e. The van der Waals surface area contributed by atoms with Gasteiger partial charge in [-0.25, -0.2) is 0 Å². The second-order valence-corrected chi connectivity index (χ2v) is 4.94. The van der Waals surface area contributed by atoms with E-state index in [-0.39, 0.29) is 0 Å². The Morgan fingerprint density at radius 1 is 1.28 bits per heavy atom. The van der Waals surface area contributed by atoms with Crippen LogP contribution in [0.5, 0.6) is 0 Å². The second kappa shape index (κ2) is 4.05. The molecule has 1 fully saturated rings. The lowest BCUT2D eigenvalue weighted by Crippen LogP contribution is -2.33. The van der Waals surface area contributed by atoms with Gasteiger partial charge in [-0.05, 0) is 24.6 Å². The molecular formula is C14H17N3O. The summed E-state index contributed by atoms with van der Waals surface area (Å²) >= 11 is 0. The van der Waals surface area contributed by atoms with Crippen molar-refractivity contribution in [2.75, 3.05) is 23.7 Å². The highest BCUT2D eigenvalue weighted by Crippen LogP contribution is 2.29. The fraction of sp³-hybridized carbons (Fsp3) is 0.357. The van der Waals surface area contributed by atoms with Gasteiger partial charge in [0.05, 0.1) is 5.52 Å². The van der Waals surface area contributed by atoms with E-state index in [1.807, 2.05) is 12.1 Å². The van der Waals surface area contributed by atoms with Gasteiger partial charge in [0.25, 0.3) is 0 Å². The lowest BCUT2D eigenvalue weighted by atomic mass is 10.1. The number of aromatic nitrogens is 1. The number of fused-ring (bicyclic) bond motifs is 1. The number of piperidine rings is 1. The van der Waals surface area contributed by atoms with Crippen molar-refractivity contribution in [1.29, 1.82) is 0 Å². The third-order valence-corrected chi connectivity index (χ3v) is 3.68. The van der Waals surface area contributed by atoms with Gasteiger partial charge in [0, 0.05) is 37.0 Å². The van der Waals surface area contributed by atoms with E-state index in [1.54, 1.807) is 0 Å². The molecule has 4 nitrogen and oxygen atoms in total. The van der Waals surface area contributed by atoms with E-state index in [2.05, 4.69) is 22.9 Å². The first kappa shape index (κ1) is 11.1. The summed E-state index contributed by atoms with van der Waals surface area (Å²) in [5.74, 6) is 1.43. The summed E-state index contributed by atoms with van der Waals surface area (Å²) in [6.45, 7) is 3.66. The molecule has 0 atom stereocenters. The van der Waals surface area contributed by atoms with Crippen molar-refractivity contribution in [2.45, 2.75) is 19.8 Å². The van der Waals surface area contributed by atoms with E-state index in [1.165, 1.54) is 5.56 Å². The Hall–Kier alpha value is -1.97. The zero-order valence-corrected chi connectivity index (χ0v) is 10.5. The maximum absolute atomic E-state index is 11.3. The average Bonchev–Trinajstić information content (AvgIpc) is 2.81. The van der Waals surface area contributed by atoms with Crippen LogP contribution in [0.3, 0.4) is 0 Å². The molecule has 1 aromatic heterocycles. The Morgan fingerprint density at radius 3 is 2.67 bits per heavy atom. The minimum atomic E-state index is 0.359. The number of hydrogen-bond donors (Lipinski definition) is 2. The molecule has 1 aliphatic rings. The molecule has 2 heterocycles. The summed E-state index contributed by atoms with van der Waals surface area (Å²) in [6.07, 6.45) is 1.29. The molecule has 0 aliphatic carbocycles. The molecule has 0 bridgehead atoms. The number of hydrogen-bond acceptors (Lipinski definition) is 3. The zero-order chi connectivity index (χ0) is 12.7. The number of H-pyrrole nitrogens is 1. The van der Waals surface area contributed by atoms with Crippen molar-refractivity contribution in [2.24, 2.45) is 0 Å². The van der Waals surface area contributed by atoms with Gasteiger partial charge in [-0.15, -0.1) is 0 Å². The normalized spacial score (nSPS) is 16.5. The van der Waals surface area contributed by atoms with Gasteiger partial charge in [-0.2, -0.15) is 0 Å². The molecule has 2 aromatic rings. The summed E-state index contributed by atoms with van der Waals surface area (Å²) in [5.41, 5.74) is 9.09. The summed E-state index contributed by atoms with van der Waals surface area (Å²) in [5, 5.41) is 1.07. The molecule has 1 aliphatic heterocycles. The second-order valence-electron chi connectivity index (χ2n) is 4.94. The number of nitrogens with zero attached hydrogens (tertiary/aromatic N) is 1. The molecule has 1 saturated heterocycles. The van der Waals surface area contributed by atoms with Crippen LogP contribution in [-0.2, 0) is 4.79 Å². The van der Waals surface area contributed by atoms with Crippen LogP contribution >= 0.6 is 0 Å². The zero-order valence-electron chi connectivity index (χ0n) is 10.5. The Balaban J connectivity index is 2.01. The number of benzene rings is 1. The first-order valence-corrected chi connectivity index (χ1v) is 6.29. The number of carbonyl (C=O) groups excluding carboxylic acids is 1. The predicted octanol–water partition coefficient (Wildman–Crippen LogP) is 2.23. The van der Waals surface area contributed by atoms with Gasteiger partial charge >= 0.3 is 0 Å². The lowest BCUT2D eigenvalue weighted by molar-refractivity contribution is -0.119. The van der Waals surface area contributed by atoms with E-state index in [0.717, 1.165) is 35.5 Å². The minimum Gasteiger partial charge on any atom is -0.398 e. The lowest BCUT2D eigenvalue weighted by Gasteiger charge is -2.26. The monoisotopic (exact) mass is 243 g/mol. The standard InChI is InChI=1S/C14H17N3O/c1-9-2-3-12(15)11-8-13(16-14(9)11)17-6-4-10(18)5-7-17/h2-3,8,16H,4-7,15H2,1H3. The highest BCUT2D eigenvalue weighted by Gasteiger charge is 2.18. The van der Waals surface area contributed by atoms with Crippen LogP contribution in [0.25, 0.3) is 10.9 Å². The SMILES string of the molecule is Cc1ccc(N)c2cc(N3CCC(=O)CC3)[nH]c12. The van der Waals surface area contributed by atoms with Crippen molar-refractivity contribution in [3.05, 3.63) is 23.8 Å². The van der Waals surface area contributed by atoms with E-state index >= 15 is 0 Å². The highest BCUT2D eigenvalue weighted by atomic mass is 16.1. The van der Waals surface area contributed by atoms with E-state index in [0.29, 0.717) is 18.6 Å². The average molecular weight is 243 g/mol. The third kappa shape index (κ3) is 1.74. The molecule has 3 N–H and O–H groups in total. The number of nitrogens with one attached hydrogen (secondary N) is 1. The predicted molar refractivity (Wildman–Crippen MR) is 73.9 cm³/mol. The summed E-state index contributed by atoms with van der Waals surface area (Å²) in [4.78, 5) is 16.9. The van der Waals surface area contributed by atoms with Crippen LogP contribution in [0.15, 0.2) is 18.2 Å². The quantitative estimate of drug-likeness (QED) is 0.755. The topological polar surface area (TPSA) is 62.1 Å². The number of Topliss-reactive ketones (excluding diaryl/α,β-unsaturated/α-hetero) is 1. The van der Waals surface area contributed by atoms with Gasteiger partial charge in [-0.3, -0.25) is 4.79 Å². The number of ketones is 1. The third-order valence-electron chi connectivity index (χ3n) is 3.68. The molecule has 0 saturated carbocycles. The maximum atomic E-state index is 11.3. The largest absolute Gasteiger partial charge is 0.398 e. The van der Waals surface area contributed by atoms with Crippen LogP contribution in [0.4, 0.5) is 11.5 Å². The van der Waals surface area contributed by atoms with Crippen LogP contribution < -0.4 is 10.6 Å². The number of aromatic amines is 1. The molecule has 4 heteroatoms. The van der Waals surface area contributed by atoms with E-state index in [9.17, 15) is 4.79 Å².